The van der Waals surface area contributed by atoms with E-state index in [9.17, 15) is 0 Å². The maximum absolute atomic E-state index is 8.95. The van der Waals surface area contributed by atoms with E-state index >= 15 is 0 Å². The van der Waals surface area contributed by atoms with Gasteiger partial charge >= 0.3 is 0 Å². The van der Waals surface area contributed by atoms with Crippen LogP contribution >= 0.6 is 23.4 Å². The summed E-state index contributed by atoms with van der Waals surface area (Å²) in [6, 6.07) is 17.2. The van der Waals surface area contributed by atoms with E-state index in [1.54, 1.807) is 17.8 Å². The Bertz CT molecular complexity index is 609. The second-order valence-electron chi connectivity index (χ2n) is 4.10. The maximum atomic E-state index is 8.95. The van der Waals surface area contributed by atoms with Gasteiger partial charge in [-0.25, -0.2) is 0 Å². The lowest BCUT2D eigenvalue weighted by Crippen LogP contribution is -2.01. The van der Waals surface area contributed by atoms with Gasteiger partial charge in [-0.05, 0) is 23.8 Å². The van der Waals surface area contributed by atoms with Gasteiger partial charge in [-0.1, -0.05) is 41.9 Å². The van der Waals surface area contributed by atoms with Crippen molar-refractivity contribution < 1.29 is 4.74 Å². The first-order chi connectivity index (χ1) is 9.81. The zero-order valence-electron chi connectivity index (χ0n) is 10.9. The van der Waals surface area contributed by atoms with Gasteiger partial charge in [0.25, 0.3) is 0 Å². The molecule has 0 saturated heterocycles. The van der Waals surface area contributed by atoms with Crippen LogP contribution in [0.4, 0.5) is 0 Å². The molecule has 102 valence electrons. The number of rotatable bonds is 6. The van der Waals surface area contributed by atoms with Crippen LogP contribution in [0.2, 0.25) is 5.02 Å². The summed E-state index contributed by atoms with van der Waals surface area (Å²) < 4.78 is 5.62. The molecule has 0 N–H and O–H groups in total. The Balaban J connectivity index is 1.75. The summed E-state index contributed by atoms with van der Waals surface area (Å²) in [5.74, 6) is 2.36. The van der Waals surface area contributed by atoms with E-state index in [4.69, 9.17) is 21.6 Å². The second-order valence-corrected chi connectivity index (χ2v) is 5.61. The first-order valence-corrected chi connectivity index (χ1v) is 7.77. The second kappa shape index (κ2) is 7.84. The predicted octanol–water partition coefficient (Wildman–Crippen LogP) is 4.52. The van der Waals surface area contributed by atoms with E-state index < -0.39 is 0 Å². The van der Waals surface area contributed by atoms with E-state index in [-0.39, 0.29) is 0 Å². The molecule has 2 aromatic carbocycles. The minimum absolute atomic E-state index is 0.573. The number of ether oxygens (including phenoxy) is 1. The van der Waals surface area contributed by atoms with Crippen LogP contribution in [0.5, 0.6) is 5.75 Å². The Labute approximate surface area is 128 Å². The largest absolute Gasteiger partial charge is 0.491 e. The number of hydrogen-bond donors (Lipinski definition) is 0. The molecule has 2 rings (SSSR count). The van der Waals surface area contributed by atoms with E-state index in [0.717, 1.165) is 22.1 Å². The van der Waals surface area contributed by atoms with Crippen molar-refractivity contribution in [3.8, 4) is 11.8 Å². The topological polar surface area (TPSA) is 33.0 Å². The molecule has 4 heteroatoms. The van der Waals surface area contributed by atoms with Gasteiger partial charge in [0.15, 0.2) is 0 Å². The van der Waals surface area contributed by atoms with Gasteiger partial charge in [0, 0.05) is 16.5 Å². The summed E-state index contributed by atoms with van der Waals surface area (Å²) in [6.45, 7) is 0.577. The molecule has 0 bridgehead atoms. The van der Waals surface area contributed by atoms with Gasteiger partial charge in [-0.3, -0.25) is 0 Å². The SMILES string of the molecule is N#Cc1ccccc1OCCSCc1ccccc1Cl. The normalized spacial score (nSPS) is 10.0. The third-order valence-corrected chi connectivity index (χ3v) is 4.05. The minimum Gasteiger partial charge on any atom is -0.491 e. The van der Waals surface area contributed by atoms with E-state index in [0.29, 0.717) is 17.9 Å². The highest BCUT2D eigenvalue weighted by Gasteiger charge is 2.02. The molecule has 2 nitrogen and oxygen atoms in total. The summed E-state index contributed by atoms with van der Waals surface area (Å²) in [6.07, 6.45) is 0. The lowest BCUT2D eigenvalue weighted by atomic mass is 10.2. The minimum atomic E-state index is 0.573. The number of halogens is 1. The fourth-order valence-electron chi connectivity index (χ4n) is 1.69. The summed E-state index contributed by atoms with van der Waals surface area (Å²) in [4.78, 5) is 0. The molecule has 0 unspecified atom stereocenters. The van der Waals surface area contributed by atoms with Crippen molar-refractivity contribution >= 4 is 23.4 Å². The lowest BCUT2D eigenvalue weighted by Gasteiger charge is -2.08. The summed E-state index contributed by atoms with van der Waals surface area (Å²) in [5, 5.41) is 9.75. The van der Waals surface area contributed by atoms with Crippen LogP contribution in [0.3, 0.4) is 0 Å². The fraction of sp³-hybridized carbons (Fsp3) is 0.188. The molecule has 0 spiro atoms. The molecule has 0 aliphatic heterocycles. The van der Waals surface area contributed by atoms with Crippen LogP contribution in [0.1, 0.15) is 11.1 Å². The van der Waals surface area contributed by atoms with Gasteiger partial charge in [-0.15, -0.1) is 0 Å². The van der Waals surface area contributed by atoms with Gasteiger partial charge in [-0.2, -0.15) is 17.0 Å². The highest BCUT2D eigenvalue weighted by molar-refractivity contribution is 7.98. The van der Waals surface area contributed by atoms with Gasteiger partial charge < -0.3 is 4.74 Å². The van der Waals surface area contributed by atoms with E-state index in [1.807, 2.05) is 42.5 Å². The molecular formula is C16H14ClNOS. The van der Waals surface area contributed by atoms with Gasteiger partial charge in [0.1, 0.15) is 11.8 Å². The number of nitriles is 1. The van der Waals surface area contributed by atoms with Crippen LogP contribution in [0, 0.1) is 11.3 Å². The Morgan fingerprint density at radius 2 is 1.85 bits per heavy atom. The number of benzene rings is 2. The smallest absolute Gasteiger partial charge is 0.137 e. The van der Waals surface area contributed by atoms with Crippen molar-refractivity contribution in [3.63, 3.8) is 0 Å². The van der Waals surface area contributed by atoms with Crippen LogP contribution in [0.25, 0.3) is 0 Å². The van der Waals surface area contributed by atoms with Gasteiger partial charge in [0.2, 0.25) is 0 Å². The van der Waals surface area contributed by atoms with Crippen molar-refractivity contribution in [1.29, 1.82) is 5.26 Å². The van der Waals surface area contributed by atoms with Crippen molar-refractivity contribution in [3.05, 3.63) is 64.7 Å². The molecule has 2 aromatic rings. The summed E-state index contributed by atoms with van der Waals surface area (Å²) >= 11 is 7.85. The first kappa shape index (κ1) is 14.8. The monoisotopic (exact) mass is 303 g/mol. The number of hydrogen-bond acceptors (Lipinski definition) is 3. The quantitative estimate of drug-likeness (QED) is 0.735. The average Bonchev–Trinajstić information content (AvgIpc) is 2.49. The zero-order chi connectivity index (χ0) is 14.2. The van der Waals surface area contributed by atoms with Crippen molar-refractivity contribution in [2.24, 2.45) is 0 Å². The Morgan fingerprint density at radius 1 is 1.10 bits per heavy atom. The van der Waals surface area contributed by atoms with Crippen molar-refractivity contribution in [1.82, 2.24) is 0 Å². The number of thioether (sulfide) groups is 1. The molecule has 0 heterocycles. The molecule has 0 atom stereocenters. The molecule has 0 saturated carbocycles. The fourth-order valence-corrected chi connectivity index (χ4v) is 2.79. The maximum Gasteiger partial charge on any atom is 0.137 e. The summed E-state index contributed by atoms with van der Waals surface area (Å²) in [5.41, 5.74) is 1.71. The Kier molecular flexibility index (Phi) is 5.79. The molecule has 0 amide bonds. The highest BCUT2D eigenvalue weighted by Crippen LogP contribution is 2.21. The first-order valence-electron chi connectivity index (χ1n) is 6.24. The zero-order valence-corrected chi connectivity index (χ0v) is 12.5. The van der Waals surface area contributed by atoms with Crippen LogP contribution in [-0.2, 0) is 5.75 Å². The third-order valence-electron chi connectivity index (χ3n) is 2.71. The highest BCUT2D eigenvalue weighted by atomic mass is 35.5. The molecule has 20 heavy (non-hydrogen) atoms. The molecule has 0 aromatic heterocycles. The lowest BCUT2D eigenvalue weighted by molar-refractivity contribution is 0.343. The number of para-hydroxylation sites is 1. The standard InChI is InChI=1S/C16H14ClNOS/c17-15-7-3-1-6-14(15)12-20-10-9-19-16-8-4-2-5-13(16)11-18/h1-8H,9-10,12H2. The molecule has 0 aliphatic carbocycles. The van der Waals surface area contributed by atoms with Crippen LogP contribution in [-0.4, -0.2) is 12.4 Å². The van der Waals surface area contributed by atoms with Crippen LogP contribution in [0.15, 0.2) is 48.5 Å². The van der Waals surface area contributed by atoms with Crippen molar-refractivity contribution in [2.45, 2.75) is 5.75 Å². The summed E-state index contributed by atoms with van der Waals surface area (Å²) in [7, 11) is 0. The van der Waals surface area contributed by atoms with Crippen molar-refractivity contribution in [2.75, 3.05) is 12.4 Å². The molecule has 0 fully saturated rings. The molecule has 0 aliphatic rings. The molecular weight excluding hydrogens is 290 g/mol. The van der Waals surface area contributed by atoms with Crippen LogP contribution < -0.4 is 4.74 Å². The van der Waals surface area contributed by atoms with E-state index in [2.05, 4.69) is 6.07 Å². The third kappa shape index (κ3) is 4.19. The average molecular weight is 304 g/mol. The Morgan fingerprint density at radius 3 is 2.65 bits per heavy atom. The van der Waals surface area contributed by atoms with Gasteiger partial charge in [0.05, 0.1) is 12.2 Å². The Hall–Kier alpha value is -1.63. The molecule has 0 radical (unpaired) electrons. The predicted molar refractivity (Wildman–Crippen MR) is 84.3 cm³/mol. The van der Waals surface area contributed by atoms with E-state index in [1.165, 1.54) is 0 Å². The number of nitrogens with zero attached hydrogens (tertiary/aromatic N) is 1.